The zero-order valence-electron chi connectivity index (χ0n) is 28.2. The van der Waals surface area contributed by atoms with E-state index < -0.39 is 12.2 Å². The summed E-state index contributed by atoms with van der Waals surface area (Å²) in [6.45, 7) is 22.0. The Bertz CT molecular complexity index is 1230. The predicted molar refractivity (Wildman–Crippen MR) is 184 cm³/mol. The molecule has 0 heterocycles. The lowest BCUT2D eigenvalue weighted by Crippen LogP contribution is -2.26. The number of aliphatic hydroxyl groups is 2. The Morgan fingerprint density at radius 1 is 0.786 bits per heavy atom. The first-order chi connectivity index (χ1) is 19.6. The molecular formula is C40H58O2. The molecule has 0 bridgehead atoms. The lowest BCUT2D eigenvalue weighted by Gasteiger charge is -2.36. The quantitative estimate of drug-likeness (QED) is 0.146. The van der Waals surface area contributed by atoms with E-state index in [2.05, 4.69) is 97.9 Å². The van der Waals surface area contributed by atoms with Gasteiger partial charge in [-0.25, -0.2) is 0 Å². The Balaban J connectivity index is 1.94. The van der Waals surface area contributed by atoms with Gasteiger partial charge in [0.05, 0.1) is 0 Å². The molecule has 3 atom stereocenters. The minimum atomic E-state index is -0.971. The normalized spacial score (nSPS) is 24.4. The van der Waals surface area contributed by atoms with Gasteiger partial charge in [-0.1, -0.05) is 140 Å². The van der Waals surface area contributed by atoms with E-state index in [4.69, 9.17) is 0 Å². The molecule has 2 aliphatic rings. The summed E-state index contributed by atoms with van der Waals surface area (Å²) in [5.74, 6) is 0.473. The van der Waals surface area contributed by atoms with Gasteiger partial charge in [0.1, 0.15) is 12.2 Å². The molecule has 2 aliphatic carbocycles. The first kappa shape index (κ1) is 35.5. The van der Waals surface area contributed by atoms with Gasteiger partial charge >= 0.3 is 0 Å². The molecule has 42 heavy (non-hydrogen) atoms. The SMILES string of the molecule is CC1=CCCC(C)(C)[C@H]1/C=C/C(C)=C/C=C/C(C)=C/C([18OH])C([18OH])/C=C(C)/C=C/C=C(C)/C=C/C1=C(C)CCCC1(C)C. The van der Waals surface area contributed by atoms with Crippen LogP contribution < -0.4 is 0 Å². The third kappa shape index (κ3) is 11.5. The fourth-order valence-corrected chi connectivity index (χ4v) is 6.12. The number of allylic oxidation sites excluding steroid dienone is 18. The standard InChI is InChI=1S/C40H58O2/c1-29(21-23-35-33(5)19-13-25-39(35,7)8)15-11-17-31(3)27-37(41)38(42)28-32(4)18-12-16-30(2)22-24-36-34(6)20-14-26-40(36,9)10/h11-12,15-19,21-24,27-28,35,37-38,41-42H,13-14,20,25-26H2,1-10H3/b17-11+,18-12+,23-21+,24-22+,29-15+,30-16+,31-27+,32-28+/t35-,37?,38?/m0/s1/i41+2,42+2. The number of hydrogen-bond donors (Lipinski definition) is 2. The highest BCUT2D eigenvalue weighted by atomic mass is 18.2. The van der Waals surface area contributed by atoms with Gasteiger partial charge < -0.3 is 10.2 Å². The molecule has 0 aromatic carbocycles. The Morgan fingerprint density at radius 2 is 1.33 bits per heavy atom. The van der Waals surface area contributed by atoms with Crippen LogP contribution in [0.3, 0.4) is 0 Å². The van der Waals surface area contributed by atoms with Crippen LogP contribution >= 0.6 is 0 Å². The molecule has 0 aromatic heterocycles. The summed E-state index contributed by atoms with van der Waals surface area (Å²) < 4.78 is 0. The van der Waals surface area contributed by atoms with E-state index >= 15 is 0 Å². The number of aliphatic hydroxyl groups excluding tert-OH is 2. The van der Waals surface area contributed by atoms with Crippen LogP contribution in [0.1, 0.15) is 101 Å². The van der Waals surface area contributed by atoms with Gasteiger partial charge in [0.2, 0.25) is 0 Å². The highest BCUT2D eigenvalue weighted by molar-refractivity contribution is 5.37. The Morgan fingerprint density at radius 3 is 1.86 bits per heavy atom. The first-order valence-corrected chi connectivity index (χ1v) is 15.8. The maximum Gasteiger partial charge on any atom is 0.102 e. The highest BCUT2D eigenvalue weighted by Gasteiger charge is 2.30. The molecule has 0 aliphatic heterocycles. The molecule has 0 aromatic rings. The van der Waals surface area contributed by atoms with Gasteiger partial charge in [0, 0.05) is 5.92 Å². The van der Waals surface area contributed by atoms with Crippen molar-refractivity contribution in [2.24, 2.45) is 16.7 Å². The maximum absolute atomic E-state index is 10.5. The van der Waals surface area contributed by atoms with Crippen LogP contribution in [0.25, 0.3) is 0 Å². The maximum atomic E-state index is 10.5. The zero-order valence-corrected chi connectivity index (χ0v) is 28.2. The van der Waals surface area contributed by atoms with Crippen LogP contribution in [-0.4, -0.2) is 22.4 Å². The monoisotopic (exact) mass is 574 g/mol. The van der Waals surface area contributed by atoms with Gasteiger partial charge in [-0.2, -0.15) is 0 Å². The molecular weight excluding hydrogens is 516 g/mol. The summed E-state index contributed by atoms with van der Waals surface area (Å²) in [6, 6.07) is 0. The van der Waals surface area contributed by atoms with Crippen molar-refractivity contribution < 1.29 is 10.2 Å². The summed E-state index contributed by atoms with van der Waals surface area (Å²) >= 11 is 0. The lowest BCUT2D eigenvalue weighted by atomic mass is 9.68. The van der Waals surface area contributed by atoms with Crippen molar-refractivity contribution in [3.05, 3.63) is 118 Å². The Kier molecular flexibility index (Phi) is 13.7. The third-order valence-electron chi connectivity index (χ3n) is 8.85. The van der Waals surface area contributed by atoms with E-state index in [-0.39, 0.29) is 5.41 Å². The third-order valence-corrected chi connectivity index (χ3v) is 8.85. The summed E-state index contributed by atoms with van der Waals surface area (Å²) in [5, 5.41) is 21.1. The van der Waals surface area contributed by atoms with Crippen molar-refractivity contribution in [1.29, 1.82) is 0 Å². The van der Waals surface area contributed by atoms with Gasteiger partial charge in [0.25, 0.3) is 0 Å². The largest absolute Gasteiger partial charge is 0.386 e. The molecule has 0 saturated carbocycles. The molecule has 2 unspecified atom stereocenters. The number of hydrogen-bond acceptors (Lipinski definition) is 2. The Labute approximate surface area is 258 Å². The average Bonchev–Trinajstić information content (AvgIpc) is 2.87. The second-order valence-corrected chi connectivity index (χ2v) is 13.9. The van der Waals surface area contributed by atoms with E-state index in [9.17, 15) is 10.2 Å². The van der Waals surface area contributed by atoms with E-state index in [0.29, 0.717) is 11.3 Å². The zero-order chi connectivity index (χ0) is 31.5. The predicted octanol–water partition coefficient (Wildman–Crippen LogP) is 10.6. The van der Waals surface area contributed by atoms with Gasteiger partial charge in [0.15, 0.2) is 0 Å². The summed E-state index contributed by atoms with van der Waals surface area (Å²) in [5.41, 5.74) is 9.13. The van der Waals surface area contributed by atoms with Crippen molar-refractivity contribution in [2.75, 3.05) is 0 Å². The molecule has 0 fully saturated rings. The second-order valence-electron chi connectivity index (χ2n) is 13.9. The lowest BCUT2D eigenvalue weighted by molar-refractivity contribution is 0.0801. The van der Waals surface area contributed by atoms with Gasteiger partial charge in [-0.3, -0.25) is 0 Å². The minimum absolute atomic E-state index is 0.240. The molecule has 230 valence electrons. The molecule has 2 nitrogen and oxygen atoms in total. The average molecular weight is 575 g/mol. The molecule has 0 spiro atoms. The Hall–Kier alpha value is -2.68. The van der Waals surface area contributed by atoms with Crippen LogP contribution in [0.4, 0.5) is 0 Å². The van der Waals surface area contributed by atoms with Crippen LogP contribution in [0.15, 0.2) is 118 Å². The van der Waals surface area contributed by atoms with Crippen molar-refractivity contribution >= 4 is 0 Å². The second kappa shape index (κ2) is 16.2. The fraction of sp³-hybridized carbons (Fsp3) is 0.500. The van der Waals surface area contributed by atoms with Crippen LogP contribution in [0.2, 0.25) is 0 Å². The summed E-state index contributed by atoms with van der Waals surface area (Å²) in [7, 11) is 0. The molecule has 2 heteroatoms. The minimum Gasteiger partial charge on any atom is -0.386 e. The molecule has 0 amide bonds. The fourth-order valence-electron chi connectivity index (χ4n) is 6.12. The topological polar surface area (TPSA) is 40.5 Å². The van der Waals surface area contributed by atoms with Crippen LogP contribution in [0, 0.1) is 16.7 Å². The summed E-state index contributed by atoms with van der Waals surface area (Å²) in [4.78, 5) is 0. The van der Waals surface area contributed by atoms with E-state index in [0.717, 1.165) is 11.1 Å². The molecule has 0 radical (unpaired) electrons. The number of rotatable bonds is 11. The van der Waals surface area contributed by atoms with Crippen molar-refractivity contribution in [3.8, 4) is 0 Å². The first-order valence-electron chi connectivity index (χ1n) is 15.8. The molecule has 2 N–H and O–H groups in total. The smallest absolute Gasteiger partial charge is 0.102 e. The van der Waals surface area contributed by atoms with Gasteiger partial charge in [-0.05, 0) is 90.0 Å². The van der Waals surface area contributed by atoms with Crippen molar-refractivity contribution in [2.45, 2.75) is 114 Å². The van der Waals surface area contributed by atoms with Crippen molar-refractivity contribution in [1.82, 2.24) is 0 Å². The van der Waals surface area contributed by atoms with E-state index in [1.807, 2.05) is 38.2 Å². The van der Waals surface area contributed by atoms with E-state index in [1.165, 1.54) is 60.0 Å². The van der Waals surface area contributed by atoms with Gasteiger partial charge in [-0.15, -0.1) is 0 Å². The molecule has 0 saturated heterocycles. The highest BCUT2D eigenvalue weighted by Crippen LogP contribution is 2.42. The van der Waals surface area contributed by atoms with Crippen LogP contribution in [0.5, 0.6) is 0 Å². The van der Waals surface area contributed by atoms with Crippen molar-refractivity contribution in [3.63, 3.8) is 0 Å². The van der Waals surface area contributed by atoms with E-state index in [1.54, 1.807) is 12.2 Å². The summed E-state index contributed by atoms with van der Waals surface area (Å²) in [6.07, 6.45) is 31.0. The molecule has 2 rings (SSSR count). The van der Waals surface area contributed by atoms with Crippen LogP contribution in [-0.2, 0) is 0 Å².